The molecule has 1 unspecified atom stereocenters. The van der Waals surface area contributed by atoms with Gasteiger partial charge in [0.2, 0.25) is 6.79 Å². The maximum absolute atomic E-state index is 12.4. The van der Waals surface area contributed by atoms with Gasteiger partial charge in [0.15, 0.2) is 11.5 Å². The first-order chi connectivity index (χ1) is 10.7. The van der Waals surface area contributed by atoms with Crippen LogP contribution in [0, 0.1) is 0 Å². The van der Waals surface area contributed by atoms with Gasteiger partial charge in [-0.3, -0.25) is 4.79 Å². The Morgan fingerprint density at radius 2 is 2.32 bits per heavy atom. The molecule has 1 N–H and O–H groups in total. The summed E-state index contributed by atoms with van der Waals surface area (Å²) in [5, 5.41) is 3.43. The topological polar surface area (TPSA) is 65.4 Å². The Hall–Kier alpha value is -2.21. The molecule has 7 heteroatoms. The number of benzene rings is 1. The zero-order valence-corrected chi connectivity index (χ0v) is 12.5. The van der Waals surface area contributed by atoms with Gasteiger partial charge in [-0.15, -0.1) is 0 Å². The minimum Gasteiger partial charge on any atom is -0.454 e. The summed E-state index contributed by atoms with van der Waals surface area (Å²) in [6.07, 6.45) is 5.46. The lowest BCUT2D eigenvalue weighted by Crippen LogP contribution is -2.40. The number of aromatic nitrogens is 2. The van der Waals surface area contributed by atoms with E-state index in [1.807, 2.05) is 6.20 Å². The first kappa shape index (κ1) is 13.5. The summed E-state index contributed by atoms with van der Waals surface area (Å²) in [4.78, 5) is 16.7. The molecule has 0 saturated heterocycles. The van der Waals surface area contributed by atoms with Crippen molar-refractivity contribution in [3.8, 4) is 11.5 Å². The minimum atomic E-state index is -0.159. The number of ether oxygens (including phenoxy) is 2. The molecule has 0 spiro atoms. The molecular weight excluding hydrogens is 306 g/mol. The van der Waals surface area contributed by atoms with E-state index in [1.165, 1.54) is 0 Å². The van der Waals surface area contributed by atoms with Crippen LogP contribution >= 0.6 is 11.6 Å². The van der Waals surface area contributed by atoms with Crippen molar-refractivity contribution in [2.24, 2.45) is 0 Å². The Bertz CT molecular complexity index is 744. The predicted molar refractivity (Wildman–Crippen MR) is 79.4 cm³/mol. The van der Waals surface area contributed by atoms with Crippen LogP contribution in [-0.2, 0) is 13.0 Å². The Balaban J connectivity index is 1.50. The largest absolute Gasteiger partial charge is 0.454 e. The molecule has 22 heavy (non-hydrogen) atoms. The van der Waals surface area contributed by atoms with Gasteiger partial charge in [0.25, 0.3) is 5.91 Å². The van der Waals surface area contributed by atoms with Gasteiger partial charge in [0, 0.05) is 37.0 Å². The summed E-state index contributed by atoms with van der Waals surface area (Å²) in [7, 11) is 0. The van der Waals surface area contributed by atoms with Crippen molar-refractivity contribution in [1.29, 1.82) is 0 Å². The maximum Gasteiger partial charge on any atom is 0.251 e. The van der Waals surface area contributed by atoms with Crippen molar-refractivity contribution in [2.75, 3.05) is 6.79 Å². The molecule has 114 valence electrons. The van der Waals surface area contributed by atoms with E-state index in [0.717, 1.165) is 25.2 Å². The molecule has 1 aromatic carbocycles. The quantitative estimate of drug-likeness (QED) is 0.919. The highest BCUT2D eigenvalue weighted by Crippen LogP contribution is 2.39. The van der Waals surface area contributed by atoms with Crippen molar-refractivity contribution in [3.63, 3.8) is 0 Å². The van der Waals surface area contributed by atoms with Crippen LogP contribution in [0.3, 0.4) is 0 Å². The van der Waals surface area contributed by atoms with Crippen LogP contribution in [0.4, 0.5) is 0 Å². The number of nitrogens with one attached hydrogen (secondary N) is 1. The van der Waals surface area contributed by atoms with Crippen LogP contribution in [0.5, 0.6) is 11.5 Å². The summed E-state index contributed by atoms with van der Waals surface area (Å²) in [6.45, 7) is 0.867. The van der Waals surface area contributed by atoms with Gasteiger partial charge >= 0.3 is 0 Å². The average Bonchev–Trinajstić information content (AvgIpc) is 3.15. The first-order valence-electron chi connectivity index (χ1n) is 7.11. The zero-order valence-electron chi connectivity index (χ0n) is 11.7. The average molecular weight is 320 g/mol. The molecule has 0 radical (unpaired) electrons. The number of hydrogen-bond acceptors (Lipinski definition) is 4. The van der Waals surface area contributed by atoms with E-state index in [2.05, 4.69) is 14.9 Å². The lowest BCUT2D eigenvalue weighted by Gasteiger charge is -2.24. The molecule has 2 aliphatic rings. The smallest absolute Gasteiger partial charge is 0.251 e. The number of halogens is 1. The lowest BCUT2D eigenvalue weighted by atomic mass is 10.1. The summed E-state index contributed by atoms with van der Waals surface area (Å²) in [5.74, 6) is 1.92. The maximum atomic E-state index is 12.4. The first-order valence-corrected chi connectivity index (χ1v) is 7.48. The number of nitrogens with zero attached hydrogens (tertiary/aromatic N) is 2. The van der Waals surface area contributed by atoms with E-state index >= 15 is 0 Å². The molecule has 2 aliphatic heterocycles. The highest BCUT2D eigenvalue weighted by Gasteiger charge is 2.24. The molecule has 4 rings (SSSR count). The SMILES string of the molecule is O=C(NC1CCc2nccn2C1)c1cc(Cl)c2c(c1)OCO2. The number of hydrogen-bond donors (Lipinski definition) is 1. The van der Waals surface area contributed by atoms with E-state index in [-0.39, 0.29) is 18.7 Å². The van der Waals surface area contributed by atoms with Gasteiger partial charge in [0.1, 0.15) is 5.82 Å². The Kier molecular flexibility index (Phi) is 3.18. The molecule has 1 atom stereocenters. The van der Waals surface area contributed by atoms with Crippen LogP contribution < -0.4 is 14.8 Å². The van der Waals surface area contributed by atoms with Gasteiger partial charge in [-0.1, -0.05) is 11.6 Å². The molecular formula is C15H14ClN3O3. The van der Waals surface area contributed by atoms with E-state index < -0.39 is 0 Å². The molecule has 2 aromatic rings. The molecule has 0 aliphatic carbocycles. The number of rotatable bonds is 2. The third kappa shape index (κ3) is 2.29. The number of carbonyl (C=O) groups excluding carboxylic acids is 1. The second-order valence-electron chi connectivity index (χ2n) is 5.40. The Morgan fingerprint density at radius 1 is 1.41 bits per heavy atom. The van der Waals surface area contributed by atoms with E-state index in [1.54, 1.807) is 18.3 Å². The molecule has 0 saturated carbocycles. The van der Waals surface area contributed by atoms with Crippen LogP contribution in [0.25, 0.3) is 0 Å². The van der Waals surface area contributed by atoms with Crippen molar-refractivity contribution >= 4 is 17.5 Å². The second-order valence-corrected chi connectivity index (χ2v) is 5.80. The second kappa shape index (κ2) is 5.21. The fraction of sp³-hybridized carbons (Fsp3) is 0.333. The molecule has 6 nitrogen and oxygen atoms in total. The molecule has 0 bridgehead atoms. The number of imidazole rings is 1. The normalized spacial score (nSPS) is 18.9. The van der Waals surface area contributed by atoms with Gasteiger partial charge in [0.05, 0.1) is 5.02 Å². The van der Waals surface area contributed by atoms with Crippen LogP contribution in [-0.4, -0.2) is 28.3 Å². The lowest BCUT2D eigenvalue weighted by molar-refractivity contribution is 0.0927. The summed E-state index contributed by atoms with van der Waals surface area (Å²) < 4.78 is 12.6. The zero-order chi connectivity index (χ0) is 15.1. The third-order valence-electron chi connectivity index (χ3n) is 3.96. The highest BCUT2D eigenvalue weighted by molar-refractivity contribution is 6.32. The Morgan fingerprint density at radius 3 is 3.23 bits per heavy atom. The number of carbonyl (C=O) groups is 1. The molecule has 0 fully saturated rings. The van der Waals surface area contributed by atoms with E-state index in [4.69, 9.17) is 21.1 Å². The van der Waals surface area contributed by atoms with Crippen LogP contribution in [0.1, 0.15) is 22.6 Å². The Labute approximate surface area is 132 Å². The van der Waals surface area contributed by atoms with Gasteiger partial charge in [-0.2, -0.15) is 0 Å². The van der Waals surface area contributed by atoms with Gasteiger partial charge in [-0.25, -0.2) is 4.98 Å². The molecule has 1 amide bonds. The van der Waals surface area contributed by atoms with Crippen molar-refractivity contribution in [1.82, 2.24) is 14.9 Å². The van der Waals surface area contributed by atoms with Crippen molar-refractivity contribution in [2.45, 2.75) is 25.4 Å². The van der Waals surface area contributed by atoms with Crippen molar-refractivity contribution < 1.29 is 14.3 Å². The summed E-state index contributed by atoms with van der Waals surface area (Å²) in [6, 6.07) is 3.35. The van der Waals surface area contributed by atoms with E-state index in [0.29, 0.717) is 22.1 Å². The van der Waals surface area contributed by atoms with E-state index in [9.17, 15) is 4.79 Å². The predicted octanol–water partition coefficient (Wildman–Crippen LogP) is 2.01. The summed E-state index contributed by atoms with van der Waals surface area (Å²) in [5.41, 5.74) is 0.477. The standard InChI is InChI=1S/C15H14ClN3O3/c16-11-5-9(6-12-14(11)22-8-21-12)15(20)18-10-1-2-13-17-3-4-19(13)7-10/h3-6,10H,1-2,7-8H2,(H,18,20). The minimum absolute atomic E-state index is 0.0819. The summed E-state index contributed by atoms with van der Waals surface area (Å²) >= 11 is 6.12. The fourth-order valence-electron chi connectivity index (χ4n) is 2.85. The number of amides is 1. The van der Waals surface area contributed by atoms with Gasteiger partial charge in [-0.05, 0) is 18.6 Å². The number of fused-ring (bicyclic) bond motifs is 2. The monoisotopic (exact) mass is 319 g/mol. The molecule has 1 aromatic heterocycles. The number of aryl methyl sites for hydroxylation is 1. The van der Waals surface area contributed by atoms with Crippen LogP contribution in [0.15, 0.2) is 24.5 Å². The van der Waals surface area contributed by atoms with Crippen LogP contribution in [0.2, 0.25) is 5.02 Å². The molecule has 3 heterocycles. The van der Waals surface area contributed by atoms with Crippen molar-refractivity contribution in [3.05, 3.63) is 40.9 Å². The third-order valence-corrected chi connectivity index (χ3v) is 4.24. The van der Waals surface area contributed by atoms with Gasteiger partial charge < -0.3 is 19.4 Å². The highest BCUT2D eigenvalue weighted by atomic mass is 35.5. The fourth-order valence-corrected chi connectivity index (χ4v) is 3.12.